The van der Waals surface area contributed by atoms with Crippen molar-refractivity contribution >= 4 is 34.3 Å². The summed E-state index contributed by atoms with van der Waals surface area (Å²) >= 11 is 0. The minimum atomic E-state index is -3.96. The highest BCUT2D eigenvalue weighted by molar-refractivity contribution is 7.90. The van der Waals surface area contributed by atoms with E-state index in [0.717, 1.165) is 42.5 Å². The molecule has 1 atom stereocenters. The fraction of sp³-hybridized carbons (Fsp3) is 0.372. The molecule has 3 heterocycles. The Labute approximate surface area is 314 Å². The molecule has 8 rings (SSSR count). The number of hydrogen-bond donors (Lipinski definition) is 0. The molecular formula is C43H49N3O5SSi. The summed E-state index contributed by atoms with van der Waals surface area (Å²) < 4.78 is 52.1. The number of ether oxygens (including phenoxy) is 2. The Morgan fingerprint density at radius 2 is 1.49 bits per heavy atom. The molecule has 2 aliphatic carbocycles. The number of benzene rings is 3. The lowest BCUT2D eigenvalue weighted by molar-refractivity contribution is 0.0839. The van der Waals surface area contributed by atoms with E-state index in [4.69, 9.17) is 19.0 Å². The van der Waals surface area contributed by atoms with Crippen molar-refractivity contribution in [2.24, 2.45) is 0 Å². The lowest BCUT2D eigenvalue weighted by Gasteiger charge is -2.44. The standard InChI is InChI=1S/C43H49N3O5SSi/c1-31-15-21-37(22-16-31)52(47,48)46-29-36(50-41-30-45(34-18-19-34)44-42(41)32-23-25-49-26-24-32)28-40(46)33-17-20-35(27-33)51-53(43(2,3)4,38-11-7-5-8-12-38)39-13-9-6-10-14-39/h5-17,21-22,28-30,32,34-35H,18-20,23-27H2,1-4H3. The van der Waals surface area contributed by atoms with Gasteiger partial charge >= 0.3 is 0 Å². The van der Waals surface area contributed by atoms with E-state index in [1.54, 1.807) is 18.3 Å². The maximum atomic E-state index is 14.4. The maximum absolute atomic E-state index is 14.4. The molecule has 0 spiro atoms. The first-order valence-electron chi connectivity index (χ1n) is 18.9. The van der Waals surface area contributed by atoms with Crippen LogP contribution in [0.3, 0.4) is 0 Å². The molecule has 1 saturated heterocycles. The van der Waals surface area contributed by atoms with Crippen molar-refractivity contribution in [3.63, 3.8) is 0 Å². The molecule has 2 aromatic heterocycles. The van der Waals surface area contributed by atoms with Crippen LogP contribution in [0.1, 0.15) is 88.2 Å². The van der Waals surface area contributed by atoms with Crippen molar-refractivity contribution in [3.05, 3.63) is 126 Å². The summed E-state index contributed by atoms with van der Waals surface area (Å²) in [6.45, 7) is 10.2. The molecule has 0 radical (unpaired) electrons. The minimum Gasteiger partial charge on any atom is -0.452 e. The van der Waals surface area contributed by atoms with Crippen molar-refractivity contribution < 1.29 is 22.3 Å². The second-order valence-electron chi connectivity index (χ2n) is 15.8. The van der Waals surface area contributed by atoms with Crippen molar-refractivity contribution in [2.45, 2.75) is 94.2 Å². The van der Waals surface area contributed by atoms with Crippen molar-refractivity contribution in [1.29, 1.82) is 0 Å². The van der Waals surface area contributed by atoms with E-state index >= 15 is 0 Å². The van der Waals surface area contributed by atoms with Gasteiger partial charge in [0.2, 0.25) is 0 Å². The summed E-state index contributed by atoms with van der Waals surface area (Å²) in [5.74, 6) is 1.39. The molecule has 0 N–H and O–H groups in total. The first kappa shape index (κ1) is 35.8. The third kappa shape index (κ3) is 6.98. The molecule has 10 heteroatoms. The highest BCUT2D eigenvalue weighted by atomic mass is 32.2. The van der Waals surface area contributed by atoms with Gasteiger partial charge in [0.25, 0.3) is 18.3 Å². The van der Waals surface area contributed by atoms with Gasteiger partial charge in [0.15, 0.2) is 5.75 Å². The molecule has 0 amide bonds. The van der Waals surface area contributed by atoms with E-state index in [-0.39, 0.29) is 22.0 Å². The SMILES string of the molecule is Cc1ccc(S(=O)(=O)n2cc(Oc3cn(C4CC4)nc3C3CCOCC3)cc2C2=CCC(O[Si](c3ccccc3)(c3ccccc3)C(C)(C)C)C2)cc1. The molecule has 1 saturated carbocycles. The van der Waals surface area contributed by atoms with Crippen LogP contribution in [0.2, 0.25) is 5.04 Å². The zero-order chi connectivity index (χ0) is 36.8. The van der Waals surface area contributed by atoms with Gasteiger partial charge in [0, 0.05) is 25.2 Å². The van der Waals surface area contributed by atoms with Crippen LogP contribution in [0, 0.1) is 6.92 Å². The smallest absolute Gasteiger partial charge is 0.268 e. The van der Waals surface area contributed by atoms with E-state index in [1.807, 2.05) is 36.0 Å². The largest absolute Gasteiger partial charge is 0.452 e. The lowest BCUT2D eigenvalue weighted by Crippen LogP contribution is -2.67. The monoisotopic (exact) mass is 747 g/mol. The van der Waals surface area contributed by atoms with Gasteiger partial charge in [-0.05, 0) is 78.6 Å². The molecule has 8 nitrogen and oxygen atoms in total. The average Bonchev–Trinajstić information content (AvgIpc) is 3.54. The fourth-order valence-electron chi connectivity index (χ4n) is 8.03. The molecule has 53 heavy (non-hydrogen) atoms. The van der Waals surface area contributed by atoms with Crippen LogP contribution in [0.4, 0.5) is 0 Å². The summed E-state index contributed by atoms with van der Waals surface area (Å²) in [5, 5.41) is 7.27. The summed E-state index contributed by atoms with van der Waals surface area (Å²) in [4.78, 5) is 0.231. The second kappa shape index (κ2) is 14.2. The van der Waals surface area contributed by atoms with Crippen LogP contribution in [0.15, 0.2) is 114 Å². The van der Waals surface area contributed by atoms with E-state index in [0.29, 0.717) is 49.3 Å². The Hall–Kier alpha value is -4.22. The number of aromatic nitrogens is 3. The van der Waals surface area contributed by atoms with Crippen molar-refractivity contribution in [1.82, 2.24) is 13.8 Å². The zero-order valence-corrected chi connectivity index (χ0v) is 32.9. The predicted octanol–water partition coefficient (Wildman–Crippen LogP) is 8.37. The zero-order valence-electron chi connectivity index (χ0n) is 31.1. The Bertz CT molecular complexity index is 2160. The van der Waals surface area contributed by atoms with Crippen molar-refractivity contribution in [3.8, 4) is 11.5 Å². The topological polar surface area (TPSA) is 84.6 Å². The first-order valence-corrected chi connectivity index (χ1v) is 22.3. The van der Waals surface area contributed by atoms with Crippen LogP contribution >= 0.6 is 0 Å². The van der Waals surface area contributed by atoms with Gasteiger partial charge in [-0.2, -0.15) is 5.10 Å². The van der Waals surface area contributed by atoms with Gasteiger partial charge in [-0.3, -0.25) is 4.68 Å². The van der Waals surface area contributed by atoms with E-state index in [2.05, 4.69) is 87.5 Å². The molecule has 0 bridgehead atoms. The van der Waals surface area contributed by atoms with Gasteiger partial charge in [0.1, 0.15) is 11.4 Å². The Kier molecular flexibility index (Phi) is 9.59. The summed E-state index contributed by atoms with van der Waals surface area (Å²) in [6.07, 6.45) is 10.9. The number of hydrogen-bond acceptors (Lipinski definition) is 6. The van der Waals surface area contributed by atoms with Crippen LogP contribution in [-0.2, 0) is 19.2 Å². The van der Waals surface area contributed by atoms with E-state index < -0.39 is 18.3 Å². The van der Waals surface area contributed by atoms with Crippen LogP contribution in [-0.4, -0.2) is 49.8 Å². The number of nitrogens with zero attached hydrogens (tertiary/aromatic N) is 3. The third-order valence-electron chi connectivity index (χ3n) is 11.0. The van der Waals surface area contributed by atoms with Crippen LogP contribution < -0.4 is 15.1 Å². The molecule has 3 aliphatic rings. The first-order chi connectivity index (χ1) is 25.5. The quantitative estimate of drug-likeness (QED) is 0.126. The Morgan fingerprint density at radius 3 is 2.09 bits per heavy atom. The summed E-state index contributed by atoms with van der Waals surface area (Å²) in [5.41, 5.74) is 3.44. The van der Waals surface area contributed by atoms with E-state index in [1.165, 1.54) is 14.3 Å². The summed E-state index contributed by atoms with van der Waals surface area (Å²) in [6, 6.07) is 30.6. The van der Waals surface area contributed by atoms with Crippen LogP contribution in [0.5, 0.6) is 11.5 Å². The predicted molar refractivity (Wildman–Crippen MR) is 211 cm³/mol. The summed E-state index contributed by atoms with van der Waals surface area (Å²) in [7, 11) is -6.78. The molecule has 1 unspecified atom stereocenters. The molecule has 2 fully saturated rings. The fourth-order valence-corrected chi connectivity index (χ4v) is 14.1. The normalized spacial score (nSPS) is 18.6. The van der Waals surface area contributed by atoms with Gasteiger partial charge < -0.3 is 13.9 Å². The second-order valence-corrected chi connectivity index (χ2v) is 21.9. The van der Waals surface area contributed by atoms with Gasteiger partial charge in [-0.25, -0.2) is 12.4 Å². The van der Waals surface area contributed by atoms with E-state index in [9.17, 15) is 8.42 Å². The number of rotatable bonds is 11. The molecule has 5 aromatic rings. The van der Waals surface area contributed by atoms with Crippen molar-refractivity contribution in [2.75, 3.05) is 13.2 Å². The molecular weight excluding hydrogens is 699 g/mol. The van der Waals surface area contributed by atoms with Gasteiger partial charge in [0.05, 0.1) is 35.1 Å². The molecule has 1 aliphatic heterocycles. The highest BCUT2D eigenvalue weighted by Gasteiger charge is 2.51. The number of aryl methyl sites for hydroxylation is 1. The molecule has 3 aromatic carbocycles. The molecule has 276 valence electrons. The van der Waals surface area contributed by atoms with Crippen LogP contribution in [0.25, 0.3) is 5.57 Å². The lowest BCUT2D eigenvalue weighted by atomic mass is 9.96. The maximum Gasteiger partial charge on any atom is 0.268 e. The minimum absolute atomic E-state index is 0.136. The van der Waals surface area contributed by atoms with Gasteiger partial charge in [-0.15, -0.1) is 0 Å². The third-order valence-corrected chi connectivity index (χ3v) is 17.8. The van der Waals surface area contributed by atoms with Gasteiger partial charge in [-0.1, -0.05) is 105 Å². The Balaban J connectivity index is 1.16. The Morgan fingerprint density at radius 1 is 0.849 bits per heavy atom. The highest BCUT2D eigenvalue weighted by Crippen LogP contribution is 2.44. The average molecular weight is 748 g/mol.